The number of phenols is 1. The molecule has 36 heavy (non-hydrogen) atoms. The molecule has 0 radical (unpaired) electrons. The van der Waals surface area contributed by atoms with E-state index in [2.05, 4.69) is 10.3 Å². The highest BCUT2D eigenvalue weighted by atomic mass is 31.2. The van der Waals surface area contributed by atoms with Crippen LogP contribution in [0, 0.1) is 5.82 Å². The van der Waals surface area contributed by atoms with Crippen molar-refractivity contribution in [2.24, 2.45) is 0 Å². The maximum Gasteiger partial charge on any atom is 0.330 e. The highest BCUT2D eigenvalue weighted by Crippen LogP contribution is 2.48. The molecule has 0 saturated heterocycles. The Kier molecular flexibility index (Phi) is 9.52. The summed E-state index contributed by atoms with van der Waals surface area (Å²) in [5.74, 6) is -1.53. The van der Waals surface area contributed by atoms with E-state index in [0.29, 0.717) is 17.2 Å². The minimum absolute atomic E-state index is 0.0381. The van der Waals surface area contributed by atoms with Crippen LogP contribution >= 0.6 is 7.60 Å². The molecule has 0 aliphatic carbocycles. The van der Waals surface area contributed by atoms with Gasteiger partial charge in [0.25, 0.3) is 5.91 Å². The second kappa shape index (κ2) is 12.6. The number of nitrogens with zero attached hydrogens (tertiary/aromatic N) is 1. The second-order valence-electron chi connectivity index (χ2n) is 7.67. The summed E-state index contributed by atoms with van der Waals surface area (Å²) in [6, 6.07) is 8.76. The molecule has 1 aromatic heterocycles. The van der Waals surface area contributed by atoms with Crippen LogP contribution in [0.25, 0.3) is 10.9 Å². The van der Waals surface area contributed by atoms with Gasteiger partial charge in [0, 0.05) is 18.1 Å². The van der Waals surface area contributed by atoms with Gasteiger partial charge < -0.3 is 24.2 Å². The zero-order valence-corrected chi connectivity index (χ0v) is 20.9. The van der Waals surface area contributed by atoms with Gasteiger partial charge in [-0.2, -0.15) is 0 Å². The molecule has 0 unspecified atom stereocenters. The Balaban J connectivity index is 1.87. The van der Waals surface area contributed by atoms with Crippen molar-refractivity contribution in [3.05, 3.63) is 65.1 Å². The second-order valence-corrected chi connectivity index (χ2v) is 9.85. The van der Waals surface area contributed by atoms with Gasteiger partial charge in [-0.15, -0.1) is 0 Å². The van der Waals surface area contributed by atoms with Gasteiger partial charge in [0.05, 0.1) is 37.1 Å². The molecule has 11 heteroatoms. The average molecular weight is 518 g/mol. The summed E-state index contributed by atoms with van der Waals surface area (Å²) >= 11 is 0. The first-order valence-electron chi connectivity index (χ1n) is 11.5. The molecule has 0 spiro atoms. The lowest BCUT2D eigenvalue weighted by Crippen LogP contribution is -2.24. The van der Waals surface area contributed by atoms with Gasteiger partial charge in [-0.05, 0) is 50.1 Å². The summed E-state index contributed by atoms with van der Waals surface area (Å²) in [7, 11) is -3.27. The number of carbonyl (C=O) groups excluding carboxylic acids is 2. The molecule has 192 valence electrons. The van der Waals surface area contributed by atoms with Gasteiger partial charge >= 0.3 is 7.60 Å². The van der Waals surface area contributed by atoms with Crippen LogP contribution < -0.4 is 10.1 Å². The summed E-state index contributed by atoms with van der Waals surface area (Å²) in [4.78, 5) is 29.3. The minimum Gasteiger partial charge on any atom is -0.505 e. The fraction of sp³-hybridized carbons (Fsp3) is 0.320. The van der Waals surface area contributed by atoms with E-state index in [1.54, 1.807) is 26.0 Å². The molecule has 2 aromatic carbocycles. The SMILES string of the molecule is CCOP(=O)(CCCOc1c(C=O)c(C(=O)NCc2ccc(F)cc2)c(O)c2ncccc12)OCC. The van der Waals surface area contributed by atoms with Crippen molar-refractivity contribution in [3.63, 3.8) is 0 Å². The van der Waals surface area contributed by atoms with Crippen LogP contribution in [0.2, 0.25) is 0 Å². The molecule has 0 atom stereocenters. The van der Waals surface area contributed by atoms with Gasteiger partial charge in [0.1, 0.15) is 17.1 Å². The van der Waals surface area contributed by atoms with E-state index in [-0.39, 0.29) is 61.3 Å². The largest absolute Gasteiger partial charge is 0.505 e. The standard InChI is InChI=1S/C25H28FN2O7P/c1-3-34-36(32,35-4-2)14-6-13-33-24-19-7-5-12-27-22(19)23(30)21(20(24)16-29)25(31)28-15-17-8-10-18(26)11-9-17/h5,7-12,16,30H,3-4,6,13-15H2,1-2H3,(H,28,31). The lowest BCUT2D eigenvalue weighted by Gasteiger charge is -2.18. The maximum absolute atomic E-state index is 13.2. The van der Waals surface area contributed by atoms with Crippen LogP contribution in [0.4, 0.5) is 4.39 Å². The number of aromatic nitrogens is 1. The summed E-state index contributed by atoms with van der Waals surface area (Å²) in [5, 5.41) is 13.8. The van der Waals surface area contributed by atoms with Gasteiger partial charge in [0.2, 0.25) is 0 Å². The Labute approximate surface area is 208 Å². The number of hydrogen-bond acceptors (Lipinski definition) is 8. The normalized spacial score (nSPS) is 11.4. The number of rotatable bonds is 13. The number of hydrogen-bond donors (Lipinski definition) is 2. The summed E-state index contributed by atoms with van der Waals surface area (Å²) in [6.45, 7) is 3.98. The third-order valence-corrected chi connectivity index (χ3v) is 7.38. The molecule has 9 nitrogen and oxygen atoms in total. The molecule has 0 saturated carbocycles. The number of nitrogens with one attached hydrogen (secondary N) is 1. The van der Waals surface area contributed by atoms with Crippen LogP contribution in [0.3, 0.4) is 0 Å². The fourth-order valence-corrected chi connectivity index (χ4v) is 5.28. The van der Waals surface area contributed by atoms with Crippen molar-refractivity contribution in [3.8, 4) is 11.5 Å². The van der Waals surface area contributed by atoms with E-state index in [1.807, 2.05) is 0 Å². The van der Waals surface area contributed by atoms with Gasteiger partial charge in [-0.25, -0.2) is 4.39 Å². The topological polar surface area (TPSA) is 124 Å². The van der Waals surface area contributed by atoms with E-state index in [9.17, 15) is 23.7 Å². The highest BCUT2D eigenvalue weighted by molar-refractivity contribution is 7.53. The number of carbonyl (C=O) groups is 2. The summed E-state index contributed by atoms with van der Waals surface area (Å²) in [5.41, 5.74) is 0.268. The number of aldehydes is 1. The number of aromatic hydroxyl groups is 1. The number of phenolic OH excluding ortho intramolecular Hbond substituents is 1. The molecule has 0 aliphatic heterocycles. The Morgan fingerprint density at radius 1 is 1.17 bits per heavy atom. The van der Waals surface area contributed by atoms with Crippen LogP contribution in [-0.4, -0.2) is 48.3 Å². The molecule has 2 N–H and O–H groups in total. The lowest BCUT2D eigenvalue weighted by molar-refractivity contribution is 0.0942. The summed E-state index contributed by atoms with van der Waals surface area (Å²) in [6.07, 6.45) is 2.25. The van der Waals surface area contributed by atoms with Crippen molar-refractivity contribution in [2.45, 2.75) is 26.8 Å². The fourth-order valence-electron chi connectivity index (χ4n) is 3.64. The van der Waals surface area contributed by atoms with Crippen LogP contribution in [0.1, 0.15) is 46.5 Å². The molecule has 0 aliphatic rings. The van der Waals surface area contributed by atoms with E-state index in [4.69, 9.17) is 13.8 Å². The zero-order chi connectivity index (χ0) is 26.1. The number of ether oxygens (including phenoxy) is 1. The van der Waals surface area contributed by atoms with Gasteiger partial charge in [0.15, 0.2) is 12.0 Å². The Hall–Kier alpha value is -3.33. The first kappa shape index (κ1) is 27.3. The number of pyridine rings is 1. The van der Waals surface area contributed by atoms with Crippen molar-refractivity contribution >= 4 is 30.7 Å². The summed E-state index contributed by atoms with van der Waals surface area (Å²) < 4.78 is 42.3. The predicted octanol–water partition coefficient (Wildman–Crippen LogP) is 4.86. The first-order chi connectivity index (χ1) is 17.3. The Bertz CT molecular complexity index is 1260. The monoisotopic (exact) mass is 518 g/mol. The quantitative estimate of drug-likeness (QED) is 0.187. The first-order valence-corrected chi connectivity index (χ1v) is 13.2. The minimum atomic E-state index is -3.27. The molecule has 1 amide bonds. The zero-order valence-electron chi connectivity index (χ0n) is 20.0. The van der Waals surface area contributed by atoms with Crippen LogP contribution in [0.5, 0.6) is 11.5 Å². The number of amides is 1. The molecular weight excluding hydrogens is 490 g/mol. The third-order valence-electron chi connectivity index (χ3n) is 5.21. The smallest absolute Gasteiger partial charge is 0.330 e. The molecule has 1 heterocycles. The molecule has 0 fully saturated rings. The van der Waals surface area contributed by atoms with Crippen molar-refractivity contribution in [2.75, 3.05) is 26.0 Å². The van der Waals surface area contributed by atoms with Crippen molar-refractivity contribution in [1.29, 1.82) is 0 Å². The Morgan fingerprint density at radius 3 is 2.50 bits per heavy atom. The van der Waals surface area contributed by atoms with Crippen LogP contribution in [0.15, 0.2) is 42.6 Å². The average Bonchev–Trinajstić information content (AvgIpc) is 2.87. The number of benzene rings is 2. The van der Waals surface area contributed by atoms with Gasteiger partial charge in [-0.3, -0.25) is 19.1 Å². The lowest BCUT2D eigenvalue weighted by atomic mass is 10.0. The van der Waals surface area contributed by atoms with E-state index in [1.165, 1.54) is 30.5 Å². The number of fused-ring (bicyclic) bond motifs is 1. The maximum atomic E-state index is 13.2. The van der Waals surface area contributed by atoms with E-state index < -0.39 is 25.1 Å². The third kappa shape index (κ3) is 6.46. The highest BCUT2D eigenvalue weighted by Gasteiger charge is 2.27. The van der Waals surface area contributed by atoms with Gasteiger partial charge in [-0.1, -0.05) is 12.1 Å². The van der Waals surface area contributed by atoms with E-state index in [0.717, 1.165) is 0 Å². The predicted molar refractivity (Wildman–Crippen MR) is 132 cm³/mol. The molecule has 3 aromatic rings. The number of halogens is 1. The van der Waals surface area contributed by atoms with Crippen molar-refractivity contribution < 1.29 is 37.4 Å². The van der Waals surface area contributed by atoms with Crippen LogP contribution in [-0.2, 0) is 20.2 Å². The molecule has 3 rings (SSSR count). The molecule has 0 bridgehead atoms. The van der Waals surface area contributed by atoms with E-state index >= 15 is 0 Å². The molecular formula is C25H28FN2O7P. The Morgan fingerprint density at radius 2 is 1.86 bits per heavy atom. The van der Waals surface area contributed by atoms with Crippen molar-refractivity contribution in [1.82, 2.24) is 10.3 Å².